The molecule has 0 saturated carbocycles. The Balaban J connectivity index is 2.66. The number of aryl methyl sites for hydroxylation is 1. The SMILES string of the molecule is C#CC(CCC)Nc1cc(CC)ncn1. The highest BCUT2D eigenvalue weighted by Crippen LogP contribution is 2.08. The molecule has 1 heterocycles. The molecule has 0 radical (unpaired) electrons. The summed E-state index contributed by atoms with van der Waals surface area (Å²) in [5.74, 6) is 3.54. The van der Waals surface area contributed by atoms with Crippen molar-refractivity contribution in [2.24, 2.45) is 0 Å². The van der Waals surface area contributed by atoms with Crippen molar-refractivity contribution in [2.75, 3.05) is 5.32 Å². The third-order valence-electron chi connectivity index (χ3n) is 2.19. The lowest BCUT2D eigenvalue weighted by atomic mass is 10.2. The van der Waals surface area contributed by atoms with Gasteiger partial charge < -0.3 is 5.32 Å². The van der Waals surface area contributed by atoms with Crippen LogP contribution in [-0.2, 0) is 6.42 Å². The summed E-state index contributed by atoms with van der Waals surface area (Å²) in [6, 6.07) is 2.01. The first-order valence-electron chi connectivity index (χ1n) is 5.33. The van der Waals surface area contributed by atoms with E-state index in [-0.39, 0.29) is 6.04 Å². The van der Waals surface area contributed by atoms with Crippen molar-refractivity contribution in [3.8, 4) is 12.3 Å². The first kappa shape index (κ1) is 11.5. The summed E-state index contributed by atoms with van der Waals surface area (Å²) in [5.41, 5.74) is 1.03. The second-order valence-corrected chi connectivity index (χ2v) is 3.40. The molecule has 3 heteroatoms. The molecule has 1 N–H and O–H groups in total. The van der Waals surface area contributed by atoms with Gasteiger partial charge in [0.1, 0.15) is 12.1 Å². The summed E-state index contributed by atoms with van der Waals surface area (Å²) in [6.07, 6.45) is 9.92. The molecular weight excluding hydrogens is 186 g/mol. The van der Waals surface area contributed by atoms with Gasteiger partial charge in [0.25, 0.3) is 0 Å². The number of hydrogen-bond acceptors (Lipinski definition) is 3. The van der Waals surface area contributed by atoms with Crippen LogP contribution in [0, 0.1) is 12.3 Å². The molecule has 0 aliphatic carbocycles. The van der Waals surface area contributed by atoms with E-state index in [0.29, 0.717) is 0 Å². The molecule has 15 heavy (non-hydrogen) atoms. The van der Waals surface area contributed by atoms with Gasteiger partial charge >= 0.3 is 0 Å². The molecule has 1 aromatic rings. The van der Waals surface area contributed by atoms with E-state index in [0.717, 1.165) is 30.8 Å². The van der Waals surface area contributed by atoms with Crippen LogP contribution >= 0.6 is 0 Å². The van der Waals surface area contributed by atoms with Gasteiger partial charge in [0, 0.05) is 11.8 Å². The number of nitrogens with one attached hydrogen (secondary N) is 1. The molecule has 1 unspecified atom stereocenters. The molecule has 1 aromatic heterocycles. The third-order valence-corrected chi connectivity index (χ3v) is 2.19. The predicted molar refractivity (Wildman–Crippen MR) is 62.6 cm³/mol. The maximum absolute atomic E-state index is 5.42. The Bertz CT molecular complexity index is 341. The number of nitrogens with zero attached hydrogens (tertiary/aromatic N) is 2. The van der Waals surface area contributed by atoms with Gasteiger partial charge in [0.05, 0.1) is 6.04 Å². The number of anilines is 1. The highest BCUT2D eigenvalue weighted by Gasteiger charge is 2.04. The number of hydrogen-bond donors (Lipinski definition) is 1. The van der Waals surface area contributed by atoms with Crippen LogP contribution in [0.5, 0.6) is 0 Å². The van der Waals surface area contributed by atoms with Gasteiger partial charge in [-0.15, -0.1) is 6.42 Å². The van der Waals surface area contributed by atoms with Crippen molar-refractivity contribution >= 4 is 5.82 Å². The van der Waals surface area contributed by atoms with Crippen molar-refractivity contribution in [2.45, 2.75) is 39.2 Å². The molecule has 1 atom stereocenters. The molecule has 0 amide bonds. The predicted octanol–water partition coefficient (Wildman–Crippen LogP) is 2.25. The van der Waals surface area contributed by atoms with Crippen LogP contribution in [0.3, 0.4) is 0 Å². The zero-order valence-corrected chi connectivity index (χ0v) is 9.33. The zero-order chi connectivity index (χ0) is 11.1. The summed E-state index contributed by atoms with van der Waals surface area (Å²) in [6.45, 7) is 4.18. The Morgan fingerprint density at radius 2 is 2.27 bits per heavy atom. The van der Waals surface area contributed by atoms with Crippen molar-refractivity contribution in [3.63, 3.8) is 0 Å². The van der Waals surface area contributed by atoms with E-state index >= 15 is 0 Å². The Morgan fingerprint density at radius 1 is 1.47 bits per heavy atom. The molecule has 0 aromatic carbocycles. The van der Waals surface area contributed by atoms with Crippen molar-refractivity contribution in [1.29, 1.82) is 0 Å². The smallest absolute Gasteiger partial charge is 0.130 e. The highest BCUT2D eigenvalue weighted by molar-refractivity contribution is 5.38. The van der Waals surface area contributed by atoms with E-state index in [1.807, 2.05) is 6.07 Å². The molecule has 1 rings (SSSR count). The Morgan fingerprint density at radius 3 is 2.87 bits per heavy atom. The van der Waals surface area contributed by atoms with Crippen LogP contribution in [0.1, 0.15) is 32.4 Å². The Labute approximate surface area is 91.3 Å². The lowest BCUT2D eigenvalue weighted by Gasteiger charge is -2.12. The maximum atomic E-state index is 5.42. The Hall–Kier alpha value is -1.56. The van der Waals surface area contributed by atoms with Crippen LogP contribution in [0.25, 0.3) is 0 Å². The summed E-state index contributed by atoms with van der Waals surface area (Å²) < 4.78 is 0. The molecule has 3 nitrogen and oxygen atoms in total. The lowest BCUT2D eigenvalue weighted by Crippen LogP contribution is -2.17. The molecule has 0 aliphatic heterocycles. The second-order valence-electron chi connectivity index (χ2n) is 3.40. The minimum absolute atomic E-state index is 0.0645. The van der Waals surface area contributed by atoms with Crippen LogP contribution in [0.2, 0.25) is 0 Å². The number of aromatic nitrogens is 2. The lowest BCUT2D eigenvalue weighted by molar-refractivity contribution is 0.751. The van der Waals surface area contributed by atoms with Gasteiger partial charge in [-0.2, -0.15) is 0 Å². The fraction of sp³-hybridized carbons (Fsp3) is 0.500. The van der Waals surface area contributed by atoms with Crippen molar-refractivity contribution in [1.82, 2.24) is 9.97 Å². The van der Waals surface area contributed by atoms with Gasteiger partial charge in [0.15, 0.2) is 0 Å². The number of rotatable bonds is 5. The van der Waals surface area contributed by atoms with Crippen LogP contribution < -0.4 is 5.32 Å². The molecule has 0 bridgehead atoms. The highest BCUT2D eigenvalue weighted by atomic mass is 15.0. The quantitative estimate of drug-likeness (QED) is 0.746. The summed E-state index contributed by atoms with van der Waals surface area (Å²) >= 11 is 0. The van der Waals surface area contributed by atoms with Gasteiger partial charge in [-0.3, -0.25) is 0 Å². The standard InChI is InChI=1S/C12H17N3/c1-4-7-10(5-2)15-12-8-11(6-3)13-9-14-12/h2,8-10H,4,6-7H2,1,3H3,(H,13,14,15). The molecule has 0 spiro atoms. The van der Waals surface area contributed by atoms with E-state index in [2.05, 4.69) is 35.1 Å². The van der Waals surface area contributed by atoms with Crippen LogP contribution in [0.15, 0.2) is 12.4 Å². The fourth-order valence-electron chi connectivity index (χ4n) is 1.33. The molecule has 0 saturated heterocycles. The maximum Gasteiger partial charge on any atom is 0.130 e. The summed E-state index contributed by atoms with van der Waals surface area (Å²) in [4.78, 5) is 8.27. The minimum atomic E-state index is 0.0645. The molecule has 0 aliphatic rings. The van der Waals surface area contributed by atoms with E-state index in [4.69, 9.17) is 6.42 Å². The average molecular weight is 203 g/mol. The topological polar surface area (TPSA) is 37.8 Å². The van der Waals surface area contributed by atoms with Gasteiger partial charge in [-0.25, -0.2) is 9.97 Å². The van der Waals surface area contributed by atoms with Gasteiger partial charge in [0.2, 0.25) is 0 Å². The monoisotopic (exact) mass is 203 g/mol. The first-order valence-corrected chi connectivity index (χ1v) is 5.33. The fourth-order valence-corrected chi connectivity index (χ4v) is 1.33. The third kappa shape index (κ3) is 3.59. The van der Waals surface area contributed by atoms with E-state index in [1.54, 1.807) is 6.33 Å². The molecular formula is C12H17N3. The van der Waals surface area contributed by atoms with Gasteiger partial charge in [-0.1, -0.05) is 26.2 Å². The number of terminal acetylenes is 1. The normalized spacial score (nSPS) is 11.8. The largest absolute Gasteiger partial charge is 0.356 e. The van der Waals surface area contributed by atoms with E-state index in [9.17, 15) is 0 Å². The average Bonchev–Trinajstić information content (AvgIpc) is 2.29. The van der Waals surface area contributed by atoms with Gasteiger partial charge in [-0.05, 0) is 12.8 Å². The van der Waals surface area contributed by atoms with Crippen molar-refractivity contribution < 1.29 is 0 Å². The van der Waals surface area contributed by atoms with Crippen LogP contribution in [0.4, 0.5) is 5.82 Å². The molecule has 80 valence electrons. The van der Waals surface area contributed by atoms with E-state index in [1.165, 1.54) is 0 Å². The zero-order valence-electron chi connectivity index (χ0n) is 9.33. The van der Waals surface area contributed by atoms with Crippen LogP contribution in [-0.4, -0.2) is 16.0 Å². The van der Waals surface area contributed by atoms with E-state index < -0.39 is 0 Å². The van der Waals surface area contributed by atoms with Crippen molar-refractivity contribution in [3.05, 3.63) is 18.1 Å². The summed E-state index contributed by atoms with van der Waals surface area (Å²) in [7, 11) is 0. The summed E-state index contributed by atoms with van der Waals surface area (Å²) in [5, 5.41) is 3.22. The molecule has 0 fully saturated rings. The first-order chi connectivity index (χ1) is 7.30. The minimum Gasteiger partial charge on any atom is -0.356 e. The second kappa shape index (κ2) is 6.02. The Kier molecular flexibility index (Phi) is 4.62.